The molecule has 0 rings (SSSR count). The number of ether oxygens (including phenoxy) is 2. The van der Waals surface area contributed by atoms with E-state index in [0.717, 1.165) is 96.3 Å². The van der Waals surface area contributed by atoms with Crippen molar-refractivity contribution in [2.45, 2.75) is 283 Å². The van der Waals surface area contributed by atoms with E-state index in [1.807, 2.05) is 0 Å². The molecule has 71 heavy (non-hydrogen) atoms. The van der Waals surface area contributed by atoms with Crippen LogP contribution in [-0.2, 0) is 19.1 Å². The van der Waals surface area contributed by atoms with Gasteiger partial charge in [-0.1, -0.05) is 290 Å². The highest BCUT2D eigenvalue weighted by Gasteiger charge is 2.16. The Kier molecular flexibility index (Phi) is 57.9. The van der Waals surface area contributed by atoms with Gasteiger partial charge in [-0.25, -0.2) is 0 Å². The second-order valence-electron chi connectivity index (χ2n) is 19.7. The van der Waals surface area contributed by atoms with Crippen molar-refractivity contribution in [2.24, 2.45) is 0 Å². The molecule has 1 N–H and O–H groups in total. The van der Waals surface area contributed by atoms with Crippen LogP contribution < -0.4 is 0 Å². The van der Waals surface area contributed by atoms with Gasteiger partial charge in [-0.2, -0.15) is 0 Å². The molecule has 0 aliphatic rings. The summed E-state index contributed by atoms with van der Waals surface area (Å²) < 4.78 is 10.7. The average molecular weight is 986 g/mol. The van der Waals surface area contributed by atoms with Crippen LogP contribution >= 0.6 is 0 Å². The molecule has 0 aromatic carbocycles. The third-order valence-electron chi connectivity index (χ3n) is 12.8. The predicted molar refractivity (Wildman–Crippen MR) is 311 cm³/mol. The SMILES string of the molecule is CC/C=C\C/C=C\C/C=C\C/C=C\C/C=C\C/C=C\C/C=C\C/C=C\C/C=C\CCCCCCCCCCCCCC(=O)OC(CO)COC(=O)CCCCCCCCCCCCCCCCCCCC. The van der Waals surface area contributed by atoms with E-state index in [2.05, 4.69) is 123 Å². The molecule has 0 heterocycles. The molecule has 1 unspecified atom stereocenters. The lowest BCUT2D eigenvalue weighted by Gasteiger charge is -2.15. The lowest BCUT2D eigenvalue weighted by Crippen LogP contribution is -2.28. The molecule has 1 atom stereocenters. The van der Waals surface area contributed by atoms with Crippen molar-refractivity contribution in [1.29, 1.82) is 0 Å². The van der Waals surface area contributed by atoms with Crippen LogP contribution in [0.15, 0.2) is 109 Å². The summed E-state index contributed by atoms with van der Waals surface area (Å²) >= 11 is 0. The van der Waals surface area contributed by atoms with Crippen molar-refractivity contribution < 1.29 is 24.2 Å². The van der Waals surface area contributed by atoms with Crippen molar-refractivity contribution in [1.82, 2.24) is 0 Å². The standard InChI is InChI=1S/C66H112O5/c1-3-5-7-9-11-13-15-17-19-21-23-24-25-26-27-28-29-30-31-32-33-34-35-36-37-38-39-40-41-42-43-45-47-49-51-53-55-57-59-61-66(69)71-64(62-67)63-70-65(68)60-58-56-54-52-50-48-46-44-22-20-18-16-14-12-10-8-6-4-2/h5,7,11,13,17,19,23-24,26-27,29-30,32-33,35-36,38-39,64,67H,3-4,6,8-10,12,14-16,18,20-22,25,28,31,34,37,40-63H2,1-2H3/b7-5-,13-11-,19-17-,24-23-,27-26-,30-29-,33-32-,36-35-,39-38-. The summed E-state index contributed by atoms with van der Waals surface area (Å²) in [5.41, 5.74) is 0. The maximum absolute atomic E-state index is 12.3. The van der Waals surface area contributed by atoms with E-state index in [9.17, 15) is 14.7 Å². The fraction of sp³-hybridized carbons (Fsp3) is 0.697. The van der Waals surface area contributed by atoms with Gasteiger partial charge in [0, 0.05) is 12.8 Å². The minimum absolute atomic E-state index is 0.0677. The molecule has 0 fully saturated rings. The van der Waals surface area contributed by atoms with Gasteiger partial charge >= 0.3 is 11.9 Å². The van der Waals surface area contributed by atoms with Crippen molar-refractivity contribution in [3.63, 3.8) is 0 Å². The predicted octanol–water partition coefficient (Wildman–Crippen LogP) is 20.5. The van der Waals surface area contributed by atoms with E-state index in [1.165, 1.54) is 154 Å². The van der Waals surface area contributed by atoms with E-state index in [0.29, 0.717) is 12.8 Å². The number of unbranched alkanes of at least 4 members (excludes halogenated alkanes) is 28. The van der Waals surface area contributed by atoms with Gasteiger partial charge in [-0.15, -0.1) is 0 Å². The Morgan fingerprint density at radius 1 is 0.338 bits per heavy atom. The Hall–Kier alpha value is -3.44. The number of esters is 2. The van der Waals surface area contributed by atoms with Crippen LogP contribution in [0.2, 0.25) is 0 Å². The van der Waals surface area contributed by atoms with E-state index in [1.54, 1.807) is 0 Å². The minimum atomic E-state index is -0.777. The van der Waals surface area contributed by atoms with Gasteiger partial charge in [-0.3, -0.25) is 9.59 Å². The second kappa shape index (κ2) is 60.9. The molecule has 0 spiro atoms. The van der Waals surface area contributed by atoms with Crippen LogP contribution in [0.4, 0.5) is 0 Å². The first kappa shape index (κ1) is 67.6. The fourth-order valence-corrected chi connectivity index (χ4v) is 8.37. The van der Waals surface area contributed by atoms with Crippen molar-refractivity contribution in [2.75, 3.05) is 13.2 Å². The number of allylic oxidation sites excluding steroid dienone is 18. The van der Waals surface area contributed by atoms with Gasteiger partial charge in [-0.05, 0) is 83.5 Å². The third-order valence-corrected chi connectivity index (χ3v) is 12.8. The van der Waals surface area contributed by atoms with E-state index in [-0.39, 0.29) is 25.2 Å². The molecule has 0 radical (unpaired) electrons. The van der Waals surface area contributed by atoms with Crippen molar-refractivity contribution in [3.05, 3.63) is 109 Å². The second-order valence-corrected chi connectivity index (χ2v) is 19.7. The molecule has 0 saturated heterocycles. The Morgan fingerprint density at radius 2 is 0.606 bits per heavy atom. The van der Waals surface area contributed by atoms with Crippen LogP contribution in [0.5, 0.6) is 0 Å². The van der Waals surface area contributed by atoms with Gasteiger partial charge < -0.3 is 14.6 Å². The lowest BCUT2D eigenvalue weighted by atomic mass is 10.0. The summed E-state index contributed by atoms with van der Waals surface area (Å²) in [7, 11) is 0. The number of aliphatic hydroxyl groups is 1. The zero-order valence-corrected chi connectivity index (χ0v) is 46.5. The molecule has 5 heteroatoms. The first-order valence-electron chi connectivity index (χ1n) is 29.9. The Morgan fingerprint density at radius 3 is 0.915 bits per heavy atom. The largest absolute Gasteiger partial charge is 0.462 e. The highest BCUT2D eigenvalue weighted by molar-refractivity contribution is 5.70. The molecule has 0 saturated carbocycles. The average Bonchev–Trinajstić information content (AvgIpc) is 3.37. The molecular weight excluding hydrogens is 873 g/mol. The summed E-state index contributed by atoms with van der Waals surface area (Å²) in [6.07, 6.45) is 87.8. The molecule has 0 amide bonds. The number of aliphatic hydroxyl groups excluding tert-OH is 1. The number of hydrogen-bond donors (Lipinski definition) is 1. The van der Waals surface area contributed by atoms with Crippen LogP contribution in [0.25, 0.3) is 0 Å². The van der Waals surface area contributed by atoms with Gasteiger partial charge in [0.1, 0.15) is 6.61 Å². The Labute approximate surface area is 440 Å². The number of carbonyl (C=O) groups excluding carboxylic acids is 2. The Balaban J connectivity index is 3.54. The van der Waals surface area contributed by atoms with Gasteiger partial charge in [0.05, 0.1) is 6.61 Å². The smallest absolute Gasteiger partial charge is 0.306 e. The van der Waals surface area contributed by atoms with Crippen LogP contribution in [-0.4, -0.2) is 36.4 Å². The number of rotatable bonds is 54. The van der Waals surface area contributed by atoms with Gasteiger partial charge in [0.2, 0.25) is 0 Å². The van der Waals surface area contributed by atoms with Crippen molar-refractivity contribution >= 4 is 11.9 Å². The van der Waals surface area contributed by atoms with Crippen molar-refractivity contribution in [3.8, 4) is 0 Å². The quantitative estimate of drug-likeness (QED) is 0.0373. The molecular formula is C66H112O5. The minimum Gasteiger partial charge on any atom is -0.462 e. The topological polar surface area (TPSA) is 72.8 Å². The summed E-state index contributed by atoms with van der Waals surface area (Å²) in [4.78, 5) is 24.5. The van der Waals surface area contributed by atoms with Crippen LogP contribution in [0.3, 0.4) is 0 Å². The first-order valence-corrected chi connectivity index (χ1v) is 29.9. The zero-order chi connectivity index (χ0) is 51.3. The molecule has 0 bridgehead atoms. The van der Waals surface area contributed by atoms with Gasteiger partial charge in [0.25, 0.3) is 0 Å². The molecule has 0 aliphatic carbocycles. The zero-order valence-electron chi connectivity index (χ0n) is 46.5. The normalized spacial score (nSPS) is 13.0. The van der Waals surface area contributed by atoms with E-state index < -0.39 is 6.10 Å². The molecule has 0 aromatic heterocycles. The first-order chi connectivity index (χ1) is 35.1. The summed E-state index contributed by atoms with van der Waals surface area (Å²) in [5.74, 6) is -0.588. The lowest BCUT2D eigenvalue weighted by molar-refractivity contribution is -0.161. The van der Waals surface area contributed by atoms with Gasteiger partial charge in [0.15, 0.2) is 6.10 Å². The maximum atomic E-state index is 12.3. The fourth-order valence-electron chi connectivity index (χ4n) is 8.37. The highest BCUT2D eigenvalue weighted by atomic mass is 16.6. The number of hydrogen-bond acceptors (Lipinski definition) is 5. The van der Waals surface area contributed by atoms with E-state index >= 15 is 0 Å². The summed E-state index contributed by atoms with van der Waals surface area (Å²) in [6, 6.07) is 0. The van der Waals surface area contributed by atoms with Crippen LogP contribution in [0, 0.1) is 0 Å². The molecule has 406 valence electrons. The summed E-state index contributed by atoms with van der Waals surface area (Å²) in [6.45, 7) is 4.05. The molecule has 5 nitrogen and oxygen atoms in total. The van der Waals surface area contributed by atoms with Crippen LogP contribution in [0.1, 0.15) is 277 Å². The van der Waals surface area contributed by atoms with E-state index in [4.69, 9.17) is 9.47 Å². The monoisotopic (exact) mass is 985 g/mol. The molecule has 0 aliphatic heterocycles. The Bertz CT molecular complexity index is 1390. The third kappa shape index (κ3) is 59.0. The maximum Gasteiger partial charge on any atom is 0.306 e. The highest BCUT2D eigenvalue weighted by Crippen LogP contribution is 2.16. The summed E-state index contributed by atoms with van der Waals surface area (Å²) in [5, 5.41) is 9.65. The molecule has 0 aromatic rings. The number of carbonyl (C=O) groups is 2.